The predicted octanol–water partition coefficient (Wildman–Crippen LogP) is 3.85. The van der Waals surface area contributed by atoms with Crippen LogP contribution in [0.25, 0.3) is 0 Å². The van der Waals surface area contributed by atoms with E-state index in [1.807, 2.05) is 6.92 Å². The predicted molar refractivity (Wildman–Crippen MR) is 77.0 cm³/mol. The minimum absolute atomic E-state index is 0.0771. The molecular weight excluding hydrogens is 302 g/mol. The Bertz CT molecular complexity index is 667. The Morgan fingerprint density at radius 2 is 2.10 bits per heavy atom. The van der Waals surface area contributed by atoms with Gasteiger partial charge in [-0.05, 0) is 24.6 Å². The number of carbonyl (C=O) groups excluding carboxylic acids is 1. The Morgan fingerprint density at radius 3 is 2.65 bits per heavy atom. The minimum atomic E-state index is -0.474. The van der Waals surface area contributed by atoms with Crippen molar-refractivity contribution in [1.82, 2.24) is 9.78 Å². The number of hydrogen-bond donors (Lipinski definition) is 0. The van der Waals surface area contributed by atoms with Crippen LogP contribution in [0, 0.1) is 5.82 Å². The lowest BCUT2D eigenvalue weighted by Gasteiger charge is -2.05. The summed E-state index contributed by atoms with van der Waals surface area (Å²) in [5, 5.41) is 4.85. The molecule has 2 rings (SSSR count). The van der Waals surface area contributed by atoms with Gasteiger partial charge in [-0.25, -0.2) is 4.39 Å². The molecule has 0 amide bonds. The van der Waals surface area contributed by atoms with Crippen LogP contribution in [0.2, 0.25) is 10.0 Å². The van der Waals surface area contributed by atoms with Gasteiger partial charge in [-0.2, -0.15) is 5.10 Å². The first-order valence-corrected chi connectivity index (χ1v) is 6.88. The summed E-state index contributed by atoms with van der Waals surface area (Å²) in [6.07, 6.45) is 0.770. The summed E-state index contributed by atoms with van der Waals surface area (Å²) in [6, 6.07) is 3.71. The van der Waals surface area contributed by atoms with Crippen LogP contribution >= 0.6 is 23.2 Å². The highest BCUT2D eigenvalue weighted by atomic mass is 35.5. The van der Waals surface area contributed by atoms with Crippen LogP contribution in [0.15, 0.2) is 18.2 Å². The zero-order chi connectivity index (χ0) is 14.9. The smallest absolute Gasteiger partial charge is 0.170 e. The van der Waals surface area contributed by atoms with Crippen molar-refractivity contribution in [1.29, 1.82) is 0 Å². The zero-order valence-electron chi connectivity index (χ0n) is 11.1. The molecule has 0 unspecified atom stereocenters. The molecule has 2 aromatic rings. The molecule has 1 aromatic carbocycles. The third-order valence-corrected chi connectivity index (χ3v) is 3.81. The van der Waals surface area contributed by atoms with Crippen molar-refractivity contribution in [3.63, 3.8) is 0 Å². The fourth-order valence-electron chi connectivity index (χ4n) is 1.97. The zero-order valence-corrected chi connectivity index (χ0v) is 12.6. The lowest BCUT2D eigenvalue weighted by atomic mass is 10.1. The van der Waals surface area contributed by atoms with E-state index in [0.717, 1.165) is 11.8 Å². The van der Waals surface area contributed by atoms with Crippen LogP contribution in [0.5, 0.6) is 0 Å². The van der Waals surface area contributed by atoms with Crippen LogP contribution in [0.4, 0.5) is 4.39 Å². The van der Waals surface area contributed by atoms with Crippen molar-refractivity contribution >= 4 is 29.0 Å². The Balaban J connectivity index is 2.30. The second-order valence-corrected chi connectivity index (χ2v) is 5.19. The van der Waals surface area contributed by atoms with E-state index in [9.17, 15) is 9.18 Å². The number of nitrogens with zero attached hydrogens (tertiary/aromatic N) is 2. The largest absolute Gasteiger partial charge is 0.294 e. The van der Waals surface area contributed by atoms with E-state index >= 15 is 0 Å². The van der Waals surface area contributed by atoms with Gasteiger partial charge in [0.15, 0.2) is 5.78 Å². The van der Waals surface area contributed by atoms with Crippen molar-refractivity contribution in [2.45, 2.75) is 19.8 Å². The molecule has 0 saturated heterocycles. The summed E-state index contributed by atoms with van der Waals surface area (Å²) in [5.41, 5.74) is 1.67. The van der Waals surface area contributed by atoms with Gasteiger partial charge in [-0.1, -0.05) is 30.1 Å². The Kier molecular flexibility index (Phi) is 4.45. The number of carbonyl (C=O) groups is 1. The van der Waals surface area contributed by atoms with Crippen molar-refractivity contribution in [3.05, 3.63) is 51.0 Å². The van der Waals surface area contributed by atoms with Crippen LogP contribution in [-0.4, -0.2) is 15.6 Å². The Morgan fingerprint density at radius 1 is 1.40 bits per heavy atom. The number of Topliss-reactive ketones (excluding diaryl/α,β-unsaturated/α-hetero) is 1. The summed E-state index contributed by atoms with van der Waals surface area (Å²) < 4.78 is 14.6. The summed E-state index contributed by atoms with van der Waals surface area (Å²) in [6.45, 7) is 1.94. The van der Waals surface area contributed by atoms with E-state index in [0.29, 0.717) is 17.1 Å². The molecule has 0 aliphatic rings. The highest BCUT2D eigenvalue weighted by Crippen LogP contribution is 2.24. The molecule has 0 atom stereocenters. The molecule has 0 bridgehead atoms. The molecule has 0 aliphatic carbocycles. The maximum atomic E-state index is 13.0. The number of aryl methyl sites for hydroxylation is 2. The summed E-state index contributed by atoms with van der Waals surface area (Å²) in [7, 11) is 1.74. The third-order valence-electron chi connectivity index (χ3n) is 3.06. The summed E-state index contributed by atoms with van der Waals surface area (Å²) >= 11 is 12.1. The van der Waals surface area contributed by atoms with E-state index in [-0.39, 0.29) is 22.8 Å². The highest BCUT2D eigenvalue weighted by molar-refractivity contribution is 6.34. The second-order valence-electron chi connectivity index (χ2n) is 4.41. The number of aromatic nitrogens is 2. The molecule has 3 nitrogen and oxygen atoms in total. The van der Waals surface area contributed by atoms with Crippen molar-refractivity contribution < 1.29 is 9.18 Å². The molecule has 0 fully saturated rings. The number of rotatable bonds is 4. The van der Waals surface area contributed by atoms with Crippen molar-refractivity contribution in [2.24, 2.45) is 7.05 Å². The fraction of sp³-hybridized carbons (Fsp3) is 0.286. The van der Waals surface area contributed by atoms with Crippen molar-refractivity contribution in [3.8, 4) is 0 Å². The lowest BCUT2D eigenvalue weighted by Crippen LogP contribution is -2.09. The summed E-state index contributed by atoms with van der Waals surface area (Å²) in [4.78, 5) is 12.2. The Hall–Kier alpha value is -1.39. The van der Waals surface area contributed by atoms with Crippen molar-refractivity contribution in [2.75, 3.05) is 0 Å². The lowest BCUT2D eigenvalue weighted by molar-refractivity contribution is 0.0991. The first kappa shape index (κ1) is 15.0. The standard InChI is InChI=1S/C14H13Cl2FN2O/c1-3-11-14(16)12(19(2)18-11)7-13(20)9-5-4-8(17)6-10(9)15/h4-6H,3,7H2,1-2H3. The van der Waals surface area contributed by atoms with Crippen LogP contribution < -0.4 is 0 Å². The first-order valence-electron chi connectivity index (χ1n) is 6.12. The molecule has 1 heterocycles. The molecule has 1 aromatic heterocycles. The summed E-state index contributed by atoms with van der Waals surface area (Å²) in [5.74, 6) is -0.694. The molecule has 0 radical (unpaired) electrons. The first-order chi connectivity index (χ1) is 9.43. The monoisotopic (exact) mass is 314 g/mol. The van der Waals surface area contributed by atoms with Crippen LogP contribution in [0.1, 0.15) is 28.7 Å². The molecule has 0 spiro atoms. The van der Waals surface area contributed by atoms with E-state index < -0.39 is 5.82 Å². The van der Waals surface area contributed by atoms with E-state index in [4.69, 9.17) is 23.2 Å². The minimum Gasteiger partial charge on any atom is -0.294 e. The quantitative estimate of drug-likeness (QED) is 0.803. The maximum absolute atomic E-state index is 13.0. The highest BCUT2D eigenvalue weighted by Gasteiger charge is 2.18. The third kappa shape index (κ3) is 2.86. The van der Waals surface area contributed by atoms with Gasteiger partial charge in [-0.3, -0.25) is 9.48 Å². The molecule has 0 saturated carbocycles. The van der Waals surface area contributed by atoms with Crippen LogP contribution in [-0.2, 0) is 19.9 Å². The van der Waals surface area contributed by atoms with Gasteiger partial charge in [0.1, 0.15) is 5.82 Å². The molecular formula is C14H13Cl2FN2O. The van der Waals surface area contributed by atoms with Gasteiger partial charge >= 0.3 is 0 Å². The normalized spacial score (nSPS) is 10.8. The van der Waals surface area contributed by atoms with Crippen LogP contribution in [0.3, 0.4) is 0 Å². The molecule has 0 aliphatic heterocycles. The molecule has 0 N–H and O–H groups in total. The maximum Gasteiger partial charge on any atom is 0.170 e. The van der Waals surface area contributed by atoms with Gasteiger partial charge in [-0.15, -0.1) is 0 Å². The van der Waals surface area contributed by atoms with Gasteiger partial charge in [0.25, 0.3) is 0 Å². The average Bonchev–Trinajstić information content (AvgIpc) is 2.66. The molecule has 106 valence electrons. The van der Waals surface area contributed by atoms with Gasteiger partial charge in [0.05, 0.1) is 27.9 Å². The SMILES string of the molecule is CCc1nn(C)c(CC(=O)c2ccc(F)cc2Cl)c1Cl. The Labute approximate surface area is 126 Å². The van der Waals surface area contributed by atoms with E-state index in [1.54, 1.807) is 11.7 Å². The number of benzene rings is 1. The van der Waals surface area contributed by atoms with Gasteiger partial charge in [0.2, 0.25) is 0 Å². The van der Waals surface area contributed by atoms with Gasteiger partial charge in [0, 0.05) is 12.6 Å². The van der Waals surface area contributed by atoms with E-state index in [2.05, 4.69) is 5.10 Å². The second kappa shape index (κ2) is 5.94. The van der Waals surface area contributed by atoms with E-state index in [1.165, 1.54) is 12.1 Å². The fourth-order valence-corrected chi connectivity index (χ4v) is 2.61. The topological polar surface area (TPSA) is 34.9 Å². The van der Waals surface area contributed by atoms with Gasteiger partial charge < -0.3 is 0 Å². The average molecular weight is 315 g/mol. The molecule has 6 heteroatoms. The number of halogens is 3. The number of ketones is 1. The molecule has 20 heavy (non-hydrogen) atoms. The number of hydrogen-bond acceptors (Lipinski definition) is 2.